The minimum Gasteiger partial charge on any atom is -0.397 e. The van der Waals surface area contributed by atoms with Crippen molar-refractivity contribution < 1.29 is 14.1 Å². The largest absolute Gasteiger partial charge is 0.433 e. The van der Waals surface area contributed by atoms with Gasteiger partial charge in [0.25, 0.3) is 0 Å². The van der Waals surface area contributed by atoms with Gasteiger partial charge < -0.3 is 4.42 Å². The quantitative estimate of drug-likeness (QED) is 0.412. The Hall–Kier alpha value is -2.16. The lowest BCUT2D eigenvalue weighted by atomic mass is 10.1. The van der Waals surface area contributed by atoms with E-state index in [1.54, 1.807) is 6.07 Å². The van der Waals surface area contributed by atoms with E-state index in [1.807, 2.05) is 0 Å². The highest BCUT2D eigenvalue weighted by molar-refractivity contribution is 5.96. The number of nitrogens with zero attached hydrogens (tertiary/aromatic N) is 2. The SMILES string of the molecule is CC(C#N)C(=O)c1ccc([N+](=O)[O-])o1. The standard InChI is InChI=1S/C8H6N2O4/c1-5(4-9)8(11)6-2-3-7(14-6)10(12)13/h2-3,5H,1H3. The molecule has 1 atom stereocenters. The lowest BCUT2D eigenvalue weighted by Gasteiger charge is -1.95. The first-order valence-electron chi connectivity index (χ1n) is 3.74. The molecule has 1 aromatic heterocycles. The van der Waals surface area contributed by atoms with Crippen molar-refractivity contribution in [1.82, 2.24) is 0 Å². The second-order valence-corrected chi connectivity index (χ2v) is 2.61. The van der Waals surface area contributed by atoms with Gasteiger partial charge in [0.15, 0.2) is 5.76 Å². The molecule has 0 spiro atoms. The zero-order valence-electron chi connectivity index (χ0n) is 7.26. The van der Waals surface area contributed by atoms with Gasteiger partial charge in [0.1, 0.15) is 10.8 Å². The van der Waals surface area contributed by atoms with Gasteiger partial charge in [0, 0.05) is 0 Å². The number of nitro groups is 1. The molecule has 1 unspecified atom stereocenters. The molecule has 0 aliphatic carbocycles. The van der Waals surface area contributed by atoms with E-state index >= 15 is 0 Å². The van der Waals surface area contributed by atoms with E-state index in [9.17, 15) is 14.9 Å². The maximum absolute atomic E-state index is 11.3. The number of nitriles is 1. The summed E-state index contributed by atoms with van der Waals surface area (Å²) >= 11 is 0. The van der Waals surface area contributed by atoms with Crippen LogP contribution in [0.5, 0.6) is 0 Å². The molecule has 0 saturated carbocycles. The van der Waals surface area contributed by atoms with Gasteiger partial charge in [-0.15, -0.1) is 0 Å². The van der Waals surface area contributed by atoms with Crippen LogP contribution in [0.4, 0.5) is 5.88 Å². The van der Waals surface area contributed by atoms with Crippen LogP contribution in [0.1, 0.15) is 17.5 Å². The molecule has 0 bridgehead atoms. The van der Waals surface area contributed by atoms with Crippen LogP contribution in [-0.4, -0.2) is 10.7 Å². The molecule has 6 heteroatoms. The Morgan fingerprint density at radius 2 is 2.36 bits per heavy atom. The second kappa shape index (κ2) is 3.70. The molecule has 0 amide bonds. The lowest BCUT2D eigenvalue weighted by molar-refractivity contribution is -0.402. The van der Waals surface area contributed by atoms with Gasteiger partial charge in [0.05, 0.1) is 12.1 Å². The van der Waals surface area contributed by atoms with Gasteiger partial charge in [-0.1, -0.05) is 0 Å². The number of furan rings is 1. The number of rotatable bonds is 3. The molecule has 0 N–H and O–H groups in total. The summed E-state index contributed by atoms with van der Waals surface area (Å²) in [6, 6.07) is 3.99. The normalized spacial score (nSPS) is 11.7. The van der Waals surface area contributed by atoms with Gasteiger partial charge in [-0.3, -0.25) is 14.9 Å². The number of carbonyl (C=O) groups is 1. The van der Waals surface area contributed by atoms with Crippen molar-refractivity contribution in [3.8, 4) is 6.07 Å². The van der Waals surface area contributed by atoms with Gasteiger partial charge >= 0.3 is 5.88 Å². The zero-order chi connectivity index (χ0) is 10.7. The van der Waals surface area contributed by atoms with Gasteiger partial charge in [0.2, 0.25) is 5.78 Å². The van der Waals surface area contributed by atoms with Crippen LogP contribution < -0.4 is 0 Å². The lowest BCUT2D eigenvalue weighted by Crippen LogP contribution is -2.07. The van der Waals surface area contributed by atoms with E-state index in [1.165, 1.54) is 13.0 Å². The first-order chi connectivity index (χ1) is 6.56. The van der Waals surface area contributed by atoms with Crippen LogP contribution in [0.3, 0.4) is 0 Å². The minimum absolute atomic E-state index is 0.161. The summed E-state index contributed by atoms with van der Waals surface area (Å²) in [7, 11) is 0. The van der Waals surface area contributed by atoms with E-state index in [0.717, 1.165) is 6.07 Å². The topological polar surface area (TPSA) is 97.1 Å². The molecule has 14 heavy (non-hydrogen) atoms. The highest BCUT2D eigenvalue weighted by Gasteiger charge is 2.21. The fraction of sp³-hybridized carbons (Fsp3) is 0.250. The van der Waals surface area contributed by atoms with Crippen molar-refractivity contribution in [3.63, 3.8) is 0 Å². The van der Waals surface area contributed by atoms with Gasteiger partial charge in [-0.2, -0.15) is 5.26 Å². The van der Waals surface area contributed by atoms with Crippen LogP contribution in [0.25, 0.3) is 0 Å². The Morgan fingerprint density at radius 1 is 1.71 bits per heavy atom. The molecule has 0 aliphatic rings. The molecule has 0 radical (unpaired) electrons. The molecule has 1 rings (SSSR count). The molecule has 1 aromatic rings. The van der Waals surface area contributed by atoms with Crippen molar-refractivity contribution in [2.24, 2.45) is 5.92 Å². The summed E-state index contributed by atoms with van der Waals surface area (Å²) < 4.78 is 4.63. The zero-order valence-corrected chi connectivity index (χ0v) is 7.26. The van der Waals surface area contributed by atoms with E-state index in [4.69, 9.17) is 5.26 Å². The third kappa shape index (κ3) is 1.77. The smallest absolute Gasteiger partial charge is 0.397 e. The molecule has 6 nitrogen and oxygen atoms in total. The second-order valence-electron chi connectivity index (χ2n) is 2.61. The van der Waals surface area contributed by atoms with Gasteiger partial charge in [-0.05, 0) is 13.0 Å². The van der Waals surface area contributed by atoms with E-state index < -0.39 is 22.5 Å². The summed E-state index contributed by atoms with van der Waals surface area (Å²) in [5.41, 5.74) is 0. The van der Waals surface area contributed by atoms with Crippen molar-refractivity contribution >= 4 is 11.7 Å². The molecule has 0 aliphatic heterocycles. The Labute approximate surface area is 78.9 Å². The predicted molar refractivity (Wildman–Crippen MR) is 44.5 cm³/mol. The number of hydrogen-bond donors (Lipinski definition) is 0. The maximum atomic E-state index is 11.3. The summed E-state index contributed by atoms with van der Waals surface area (Å²) in [5.74, 6) is -2.08. The van der Waals surface area contributed by atoms with E-state index in [2.05, 4.69) is 4.42 Å². The Kier molecular flexibility index (Phi) is 2.62. The van der Waals surface area contributed by atoms with Gasteiger partial charge in [-0.25, -0.2) is 0 Å². The molecule has 0 fully saturated rings. The van der Waals surface area contributed by atoms with E-state index in [-0.39, 0.29) is 5.76 Å². The Morgan fingerprint density at radius 3 is 2.79 bits per heavy atom. The highest BCUT2D eigenvalue weighted by atomic mass is 16.6. The summed E-state index contributed by atoms with van der Waals surface area (Å²) in [4.78, 5) is 20.7. The average Bonchev–Trinajstić information content (AvgIpc) is 2.64. The molecule has 72 valence electrons. The number of hydrogen-bond acceptors (Lipinski definition) is 5. The molecule has 0 saturated heterocycles. The summed E-state index contributed by atoms with van der Waals surface area (Å²) in [6.07, 6.45) is 0. The van der Waals surface area contributed by atoms with Crippen molar-refractivity contribution in [2.75, 3.05) is 0 Å². The molecular formula is C8H6N2O4. The summed E-state index contributed by atoms with van der Waals surface area (Å²) in [6.45, 7) is 1.40. The third-order valence-corrected chi connectivity index (χ3v) is 1.60. The van der Waals surface area contributed by atoms with Crippen LogP contribution >= 0.6 is 0 Å². The highest BCUT2D eigenvalue weighted by Crippen LogP contribution is 2.18. The number of Topliss-reactive ketones (excluding diaryl/α,β-unsaturated/α-hetero) is 1. The van der Waals surface area contributed by atoms with E-state index in [0.29, 0.717) is 0 Å². The Balaban J connectivity index is 2.94. The minimum atomic E-state index is -0.860. The molecular weight excluding hydrogens is 188 g/mol. The van der Waals surface area contributed by atoms with Crippen LogP contribution in [-0.2, 0) is 0 Å². The van der Waals surface area contributed by atoms with Crippen LogP contribution in [0.2, 0.25) is 0 Å². The van der Waals surface area contributed by atoms with Crippen molar-refractivity contribution in [3.05, 3.63) is 28.0 Å². The fourth-order valence-electron chi connectivity index (χ4n) is 0.830. The fourth-order valence-corrected chi connectivity index (χ4v) is 0.830. The first-order valence-corrected chi connectivity index (χ1v) is 3.74. The summed E-state index contributed by atoms with van der Waals surface area (Å²) in [5, 5.41) is 18.6. The van der Waals surface area contributed by atoms with Crippen LogP contribution in [0.15, 0.2) is 16.5 Å². The average molecular weight is 194 g/mol. The van der Waals surface area contributed by atoms with Crippen molar-refractivity contribution in [2.45, 2.75) is 6.92 Å². The Bertz CT molecular complexity index is 415. The number of ketones is 1. The maximum Gasteiger partial charge on any atom is 0.433 e. The monoisotopic (exact) mass is 194 g/mol. The third-order valence-electron chi connectivity index (χ3n) is 1.60. The predicted octanol–water partition coefficient (Wildman–Crippen LogP) is 1.53. The van der Waals surface area contributed by atoms with Crippen LogP contribution in [0, 0.1) is 27.4 Å². The van der Waals surface area contributed by atoms with Crippen molar-refractivity contribution in [1.29, 1.82) is 5.26 Å². The number of carbonyl (C=O) groups excluding carboxylic acids is 1. The first kappa shape index (κ1) is 9.92. The molecule has 1 heterocycles. The molecule has 0 aromatic carbocycles.